The molecular formula is C14H10ClN3OS. The van der Waals surface area contributed by atoms with Crippen LogP contribution in [0.15, 0.2) is 57.3 Å². The third kappa shape index (κ3) is 2.50. The molecule has 20 heavy (non-hydrogen) atoms. The molecule has 2 aromatic carbocycles. The second kappa shape index (κ2) is 5.19. The summed E-state index contributed by atoms with van der Waals surface area (Å²) in [4.78, 5) is 20.0. The molecule has 100 valence electrons. The van der Waals surface area contributed by atoms with E-state index in [1.165, 1.54) is 11.8 Å². The number of hydrogen-bond acceptors (Lipinski definition) is 4. The second-order valence-electron chi connectivity index (χ2n) is 4.18. The van der Waals surface area contributed by atoms with Crippen LogP contribution >= 0.6 is 23.4 Å². The number of fused-ring (bicyclic) bond motifs is 1. The lowest BCUT2D eigenvalue weighted by Crippen LogP contribution is -2.09. The van der Waals surface area contributed by atoms with Crippen LogP contribution in [0.3, 0.4) is 0 Å². The van der Waals surface area contributed by atoms with Gasteiger partial charge in [-0.15, -0.1) is 0 Å². The zero-order valence-electron chi connectivity index (χ0n) is 10.3. The smallest absolute Gasteiger partial charge is 0.259 e. The minimum atomic E-state index is -0.211. The standard InChI is InChI=1S/C14H10ClN3OS/c15-10-3-1-2-4-12(10)20-14-17-11-6-5-8(16)7-9(11)13(19)18-14/h1-7H,16H2,(H,17,18,19). The van der Waals surface area contributed by atoms with Crippen molar-refractivity contribution in [3.63, 3.8) is 0 Å². The van der Waals surface area contributed by atoms with Crippen molar-refractivity contribution in [2.24, 2.45) is 0 Å². The van der Waals surface area contributed by atoms with E-state index in [1.807, 2.05) is 18.2 Å². The molecule has 3 N–H and O–H groups in total. The van der Waals surface area contributed by atoms with Gasteiger partial charge in [-0.2, -0.15) is 0 Å². The number of nitrogens with one attached hydrogen (secondary N) is 1. The highest BCUT2D eigenvalue weighted by Crippen LogP contribution is 2.30. The van der Waals surface area contributed by atoms with Gasteiger partial charge in [0.05, 0.1) is 15.9 Å². The van der Waals surface area contributed by atoms with Crippen molar-refractivity contribution >= 4 is 40.0 Å². The van der Waals surface area contributed by atoms with Crippen molar-refractivity contribution in [2.45, 2.75) is 10.1 Å². The predicted octanol–water partition coefficient (Wildman–Crippen LogP) is 3.31. The zero-order valence-corrected chi connectivity index (χ0v) is 11.8. The number of anilines is 1. The summed E-state index contributed by atoms with van der Waals surface area (Å²) in [6.45, 7) is 0. The molecule has 0 unspecified atom stereocenters. The van der Waals surface area contributed by atoms with Crippen molar-refractivity contribution < 1.29 is 0 Å². The Balaban J connectivity index is 2.08. The van der Waals surface area contributed by atoms with E-state index in [-0.39, 0.29) is 5.56 Å². The molecule has 0 aliphatic rings. The van der Waals surface area contributed by atoms with Crippen LogP contribution in [0.2, 0.25) is 5.02 Å². The van der Waals surface area contributed by atoms with E-state index in [0.717, 1.165) is 4.90 Å². The molecule has 0 radical (unpaired) electrons. The summed E-state index contributed by atoms with van der Waals surface area (Å²) in [6.07, 6.45) is 0. The average molecular weight is 304 g/mol. The fourth-order valence-corrected chi connectivity index (χ4v) is 2.87. The fraction of sp³-hybridized carbons (Fsp3) is 0. The summed E-state index contributed by atoms with van der Waals surface area (Å²) in [5, 5.41) is 1.60. The predicted molar refractivity (Wildman–Crippen MR) is 82.4 cm³/mol. The SMILES string of the molecule is Nc1ccc2nc(Sc3ccccc3Cl)[nH]c(=O)c2c1. The molecule has 3 aromatic rings. The lowest BCUT2D eigenvalue weighted by molar-refractivity contribution is 0.974. The molecule has 0 spiro atoms. The molecule has 3 rings (SSSR count). The van der Waals surface area contributed by atoms with Crippen LogP contribution in [-0.2, 0) is 0 Å². The molecule has 0 atom stereocenters. The molecule has 0 amide bonds. The quantitative estimate of drug-likeness (QED) is 0.563. The highest BCUT2D eigenvalue weighted by molar-refractivity contribution is 7.99. The van der Waals surface area contributed by atoms with Crippen LogP contribution in [0.25, 0.3) is 10.9 Å². The number of nitrogens with two attached hydrogens (primary N) is 1. The highest BCUT2D eigenvalue weighted by Gasteiger charge is 2.07. The van der Waals surface area contributed by atoms with Gasteiger partial charge in [-0.1, -0.05) is 35.5 Å². The van der Waals surface area contributed by atoms with E-state index in [1.54, 1.807) is 24.3 Å². The summed E-state index contributed by atoms with van der Waals surface area (Å²) >= 11 is 7.41. The van der Waals surface area contributed by atoms with E-state index in [4.69, 9.17) is 17.3 Å². The molecule has 1 heterocycles. The third-order valence-corrected chi connectivity index (χ3v) is 4.16. The van der Waals surface area contributed by atoms with Crippen LogP contribution < -0.4 is 11.3 Å². The first kappa shape index (κ1) is 13.0. The summed E-state index contributed by atoms with van der Waals surface area (Å²) < 4.78 is 0. The Labute approximate surface area is 124 Å². The van der Waals surface area contributed by atoms with Crippen LogP contribution in [0.4, 0.5) is 5.69 Å². The summed E-state index contributed by atoms with van der Waals surface area (Å²) in [5.41, 5.74) is 6.61. The molecule has 0 saturated carbocycles. The first-order valence-corrected chi connectivity index (χ1v) is 7.05. The Kier molecular flexibility index (Phi) is 3.38. The van der Waals surface area contributed by atoms with Gasteiger partial charge in [-0.05, 0) is 30.3 Å². The van der Waals surface area contributed by atoms with Gasteiger partial charge >= 0.3 is 0 Å². The molecule has 6 heteroatoms. The van der Waals surface area contributed by atoms with Gasteiger partial charge in [0.15, 0.2) is 5.16 Å². The molecule has 4 nitrogen and oxygen atoms in total. The number of halogens is 1. The number of benzene rings is 2. The van der Waals surface area contributed by atoms with E-state index in [0.29, 0.717) is 26.8 Å². The van der Waals surface area contributed by atoms with Gasteiger partial charge in [0.25, 0.3) is 5.56 Å². The Morgan fingerprint density at radius 3 is 2.80 bits per heavy atom. The number of hydrogen-bond donors (Lipinski definition) is 2. The number of nitrogens with zero attached hydrogens (tertiary/aromatic N) is 1. The molecule has 0 aliphatic carbocycles. The highest BCUT2D eigenvalue weighted by atomic mass is 35.5. The van der Waals surface area contributed by atoms with Gasteiger partial charge in [0.2, 0.25) is 0 Å². The lowest BCUT2D eigenvalue weighted by Gasteiger charge is -2.04. The summed E-state index contributed by atoms with van der Waals surface area (Å²) in [5.74, 6) is 0. The molecule has 0 fully saturated rings. The Bertz CT molecular complexity index is 847. The first-order chi connectivity index (χ1) is 9.63. The number of nitrogen functional groups attached to an aromatic ring is 1. The van der Waals surface area contributed by atoms with Crippen molar-refractivity contribution in [2.75, 3.05) is 5.73 Å². The van der Waals surface area contributed by atoms with Gasteiger partial charge in [0, 0.05) is 10.6 Å². The number of H-pyrrole nitrogens is 1. The monoisotopic (exact) mass is 303 g/mol. The first-order valence-electron chi connectivity index (χ1n) is 5.85. The molecule has 0 bridgehead atoms. The fourth-order valence-electron chi connectivity index (χ4n) is 1.81. The van der Waals surface area contributed by atoms with Gasteiger partial charge in [-0.3, -0.25) is 4.79 Å². The van der Waals surface area contributed by atoms with E-state index in [2.05, 4.69) is 9.97 Å². The minimum absolute atomic E-state index is 0.211. The summed E-state index contributed by atoms with van der Waals surface area (Å²) in [6, 6.07) is 12.5. The van der Waals surface area contributed by atoms with Crippen molar-refractivity contribution in [3.8, 4) is 0 Å². The lowest BCUT2D eigenvalue weighted by atomic mass is 10.2. The van der Waals surface area contributed by atoms with Crippen LogP contribution in [0, 0.1) is 0 Å². The topological polar surface area (TPSA) is 71.8 Å². The zero-order chi connectivity index (χ0) is 14.1. The minimum Gasteiger partial charge on any atom is -0.399 e. The van der Waals surface area contributed by atoms with Crippen molar-refractivity contribution in [1.82, 2.24) is 9.97 Å². The average Bonchev–Trinajstić information content (AvgIpc) is 2.42. The van der Waals surface area contributed by atoms with Crippen LogP contribution in [0.5, 0.6) is 0 Å². The van der Waals surface area contributed by atoms with Crippen LogP contribution in [0.1, 0.15) is 0 Å². The maximum atomic E-state index is 12.0. The number of aromatic amines is 1. The maximum absolute atomic E-state index is 12.0. The number of aromatic nitrogens is 2. The largest absolute Gasteiger partial charge is 0.399 e. The molecular weight excluding hydrogens is 294 g/mol. The van der Waals surface area contributed by atoms with Gasteiger partial charge in [0.1, 0.15) is 0 Å². The van der Waals surface area contributed by atoms with Crippen molar-refractivity contribution in [1.29, 1.82) is 0 Å². The van der Waals surface area contributed by atoms with Crippen molar-refractivity contribution in [3.05, 3.63) is 57.8 Å². The Morgan fingerprint density at radius 1 is 1.20 bits per heavy atom. The number of rotatable bonds is 2. The van der Waals surface area contributed by atoms with Gasteiger partial charge in [-0.25, -0.2) is 4.98 Å². The van der Waals surface area contributed by atoms with Crippen LogP contribution in [-0.4, -0.2) is 9.97 Å². The van der Waals surface area contributed by atoms with E-state index >= 15 is 0 Å². The second-order valence-corrected chi connectivity index (χ2v) is 5.62. The van der Waals surface area contributed by atoms with E-state index < -0.39 is 0 Å². The Hall–Kier alpha value is -1.98. The Morgan fingerprint density at radius 2 is 2.00 bits per heavy atom. The third-order valence-electron chi connectivity index (χ3n) is 2.75. The van der Waals surface area contributed by atoms with Gasteiger partial charge < -0.3 is 10.7 Å². The molecule has 1 aromatic heterocycles. The molecule has 0 aliphatic heterocycles. The maximum Gasteiger partial charge on any atom is 0.259 e. The van der Waals surface area contributed by atoms with E-state index in [9.17, 15) is 4.79 Å². The molecule has 0 saturated heterocycles. The summed E-state index contributed by atoms with van der Waals surface area (Å²) in [7, 11) is 0. The normalized spacial score (nSPS) is 10.8.